The second-order valence-electron chi connectivity index (χ2n) is 8.44. The number of hydrogen-bond acceptors (Lipinski definition) is 5. The minimum Gasteiger partial charge on any atom is -0.491 e. The molecule has 1 fully saturated rings. The van der Waals surface area contributed by atoms with Crippen LogP contribution in [0.1, 0.15) is 10.5 Å². The van der Waals surface area contributed by atoms with Crippen molar-refractivity contribution in [3.05, 3.63) is 83.5 Å². The van der Waals surface area contributed by atoms with Crippen molar-refractivity contribution in [3.63, 3.8) is 0 Å². The van der Waals surface area contributed by atoms with Crippen LogP contribution in [-0.4, -0.2) is 56.0 Å². The maximum Gasteiger partial charge on any atom is 0.266 e. The SMILES string of the molecule is NC(=O)c1[nH]c2ccc(Cl)cc2c1S(=O)(=O)N1CCOC(COc2cccc(-c3ccccc3)c2)C1. The van der Waals surface area contributed by atoms with E-state index in [4.69, 9.17) is 26.8 Å². The number of nitrogens with one attached hydrogen (secondary N) is 1. The molecule has 0 bridgehead atoms. The van der Waals surface area contributed by atoms with Crippen molar-refractivity contribution in [3.8, 4) is 16.9 Å². The number of H-pyrrole nitrogens is 1. The van der Waals surface area contributed by atoms with Crippen molar-refractivity contribution in [2.45, 2.75) is 11.0 Å². The number of hydrogen-bond donors (Lipinski definition) is 2. The Hall–Kier alpha value is -3.37. The molecule has 3 aromatic carbocycles. The Morgan fingerprint density at radius 3 is 2.64 bits per heavy atom. The molecule has 0 radical (unpaired) electrons. The number of amides is 1. The molecule has 10 heteroatoms. The van der Waals surface area contributed by atoms with Gasteiger partial charge in [0.2, 0.25) is 10.0 Å². The minimum absolute atomic E-state index is 0.0617. The lowest BCUT2D eigenvalue weighted by molar-refractivity contribution is -0.0249. The van der Waals surface area contributed by atoms with Gasteiger partial charge in [0.1, 0.15) is 29.0 Å². The number of aromatic nitrogens is 1. The number of aromatic amines is 1. The average molecular weight is 526 g/mol. The van der Waals surface area contributed by atoms with Gasteiger partial charge in [-0.05, 0) is 41.5 Å². The van der Waals surface area contributed by atoms with Gasteiger partial charge in [0.05, 0.1) is 6.61 Å². The van der Waals surface area contributed by atoms with Gasteiger partial charge in [-0.3, -0.25) is 4.79 Å². The first-order valence-corrected chi connectivity index (χ1v) is 13.2. The summed E-state index contributed by atoms with van der Waals surface area (Å²) in [4.78, 5) is 14.7. The van der Waals surface area contributed by atoms with Crippen LogP contribution in [-0.2, 0) is 14.8 Å². The van der Waals surface area contributed by atoms with Crippen LogP contribution in [0.2, 0.25) is 5.02 Å². The second kappa shape index (κ2) is 9.94. The molecule has 8 nitrogen and oxygen atoms in total. The smallest absolute Gasteiger partial charge is 0.266 e. The van der Waals surface area contributed by atoms with Crippen LogP contribution >= 0.6 is 11.6 Å². The van der Waals surface area contributed by atoms with Gasteiger partial charge in [-0.15, -0.1) is 0 Å². The maximum atomic E-state index is 13.7. The Kier molecular flexibility index (Phi) is 6.72. The van der Waals surface area contributed by atoms with Gasteiger partial charge in [0, 0.05) is 29.0 Å². The number of halogens is 1. The minimum atomic E-state index is -4.09. The van der Waals surface area contributed by atoms with Crippen molar-refractivity contribution in [2.75, 3.05) is 26.3 Å². The van der Waals surface area contributed by atoms with Crippen LogP contribution in [0.25, 0.3) is 22.0 Å². The molecule has 4 aromatic rings. The number of fused-ring (bicyclic) bond motifs is 1. The predicted molar refractivity (Wildman–Crippen MR) is 138 cm³/mol. The highest BCUT2D eigenvalue weighted by Crippen LogP contribution is 2.32. The predicted octanol–water partition coefficient (Wildman–Crippen LogP) is 4.06. The lowest BCUT2D eigenvalue weighted by Crippen LogP contribution is -2.47. The van der Waals surface area contributed by atoms with Crippen LogP contribution in [0, 0.1) is 0 Å². The lowest BCUT2D eigenvalue weighted by Gasteiger charge is -2.32. The number of nitrogens with two attached hydrogens (primary N) is 1. The summed E-state index contributed by atoms with van der Waals surface area (Å²) in [6.07, 6.45) is -0.500. The molecule has 0 aliphatic carbocycles. The van der Waals surface area contributed by atoms with E-state index in [0.717, 1.165) is 11.1 Å². The molecule has 1 atom stereocenters. The molecule has 2 heterocycles. The van der Waals surface area contributed by atoms with Crippen molar-refractivity contribution < 1.29 is 22.7 Å². The normalized spacial score (nSPS) is 16.8. The number of carbonyl (C=O) groups is 1. The van der Waals surface area contributed by atoms with Crippen LogP contribution in [0.3, 0.4) is 0 Å². The Labute approximate surface area is 213 Å². The van der Waals surface area contributed by atoms with Gasteiger partial charge < -0.3 is 20.2 Å². The molecule has 1 aliphatic rings. The summed E-state index contributed by atoms with van der Waals surface area (Å²) in [5, 5.41) is 0.660. The van der Waals surface area contributed by atoms with Crippen molar-refractivity contribution in [2.24, 2.45) is 5.73 Å². The topological polar surface area (TPSA) is 115 Å². The van der Waals surface area contributed by atoms with Gasteiger partial charge >= 0.3 is 0 Å². The Balaban J connectivity index is 1.35. The molecule has 1 unspecified atom stereocenters. The molecule has 1 saturated heterocycles. The van der Waals surface area contributed by atoms with E-state index >= 15 is 0 Å². The number of nitrogens with zero attached hydrogens (tertiary/aromatic N) is 1. The second-order valence-corrected chi connectivity index (χ2v) is 10.8. The molecule has 0 spiro atoms. The lowest BCUT2D eigenvalue weighted by atomic mass is 10.1. The van der Waals surface area contributed by atoms with E-state index in [2.05, 4.69) is 4.98 Å². The molecule has 1 amide bonds. The third-order valence-electron chi connectivity index (χ3n) is 6.04. The van der Waals surface area contributed by atoms with Gasteiger partial charge in [0.25, 0.3) is 5.91 Å². The van der Waals surface area contributed by atoms with Crippen LogP contribution in [0.15, 0.2) is 77.7 Å². The van der Waals surface area contributed by atoms with Gasteiger partial charge in [-0.1, -0.05) is 54.1 Å². The third-order valence-corrected chi connectivity index (χ3v) is 8.22. The van der Waals surface area contributed by atoms with Crippen molar-refractivity contribution in [1.29, 1.82) is 0 Å². The van der Waals surface area contributed by atoms with Crippen molar-refractivity contribution >= 4 is 38.4 Å². The third kappa shape index (κ3) is 4.83. The van der Waals surface area contributed by atoms with Crippen LogP contribution < -0.4 is 10.5 Å². The summed E-state index contributed by atoms with van der Waals surface area (Å²) in [5.74, 6) is -0.213. The number of benzene rings is 3. The fraction of sp³-hybridized carbons (Fsp3) is 0.192. The van der Waals surface area contributed by atoms with E-state index in [1.54, 1.807) is 12.1 Å². The first kappa shape index (κ1) is 24.3. The summed E-state index contributed by atoms with van der Waals surface area (Å²) >= 11 is 6.11. The fourth-order valence-electron chi connectivity index (χ4n) is 4.31. The maximum absolute atomic E-state index is 13.7. The molecule has 1 aliphatic heterocycles. The zero-order valence-electron chi connectivity index (χ0n) is 19.2. The zero-order chi connectivity index (χ0) is 25.3. The van der Waals surface area contributed by atoms with E-state index in [1.165, 1.54) is 10.4 Å². The van der Waals surface area contributed by atoms with Crippen molar-refractivity contribution in [1.82, 2.24) is 9.29 Å². The Bertz CT molecular complexity index is 1520. The number of carbonyl (C=O) groups excluding carboxylic acids is 1. The van der Waals surface area contributed by atoms with Gasteiger partial charge in [-0.25, -0.2) is 8.42 Å². The van der Waals surface area contributed by atoms with E-state index < -0.39 is 22.0 Å². The quantitative estimate of drug-likeness (QED) is 0.377. The van der Waals surface area contributed by atoms with Gasteiger partial charge in [-0.2, -0.15) is 4.31 Å². The van der Waals surface area contributed by atoms with E-state index in [9.17, 15) is 13.2 Å². The molecule has 186 valence electrons. The van der Waals surface area contributed by atoms with E-state index in [1.807, 2.05) is 54.6 Å². The van der Waals surface area contributed by atoms with Crippen LogP contribution in [0.4, 0.5) is 0 Å². The highest BCUT2D eigenvalue weighted by molar-refractivity contribution is 7.89. The first-order chi connectivity index (χ1) is 17.3. The summed E-state index contributed by atoms with van der Waals surface area (Å²) in [5.41, 5.74) is 7.87. The summed E-state index contributed by atoms with van der Waals surface area (Å²) in [6, 6.07) is 22.3. The molecule has 1 aromatic heterocycles. The number of primary amides is 1. The fourth-order valence-corrected chi connectivity index (χ4v) is 6.27. The first-order valence-electron chi connectivity index (χ1n) is 11.3. The Morgan fingerprint density at radius 2 is 1.86 bits per heavy atom. The monoisotopic (exact) mass is 525 g/mol. The van der Waals surface area contributed by atoms with E-state index in [0.29, 0.717) is 21.7 Å². The number of rotatable bonds is 7. The summed E-state index contributed by atoms with van der Waals surface area (Å²) in [6.45, 7) is 0.541. The highest BCUT2D eigenvalue weighted by atomic mass is 35.5. The molecule has 36 heavy (non-hydrogen) atoms. The van der Waals surface area contributed by atoms with Gasteiger partial charge in [0.15, 0.2) is 0 Å². The molecular formula is C26H24ClN3O5S. The largest absolute Gasteiger partial charge is 0.491 e. The standard InChI is InChI=1S/C26H24ClN3O5S/c27-19-9-10-23-22(14-19)25(24(29-23)26(28)31)36(32,33)30-11-12-34-21(15-30)16-35-20-8-4-7-18(13-20)17-5-2-1-3-6-17/h1-10,13-14,21,29H,11-12,15-16H2,(H2,28,31). The zero-order valence-corrected chi connectivity index (χ0v) is 20.8. The average Bonchev–Trinajstić information content (AvgIpc) is 3.28. The summed E-state index contributed by atoms with van der Waals surface area (Å²) < 4.78 is 40.4. The number of ether oxygens (including phenoxy) is 2. The van der Waals surface area contributed by atoms with Crippen LogP contribution in [0.5, 0.6) is 5.75 Å². The Morgan fingerprint density at radius 1 is 1.08 bits per heavy atom. The molecular weight excluding hydrogens is 502 g/mol. The summed E-state index contributed by atoms with van der Waals surface area (Å²) in [7, 11) is -4.09. The van der Waals surface area contributed by atoms with E-state index in [-0.39, 0.29) is 36.9 Å². The molecule has 3 N–H and O–H groups in total. The number of morpholine rings is 1. The molecule has 0 saturated carbocycles. The number of sulfonamides is 1. The highest BCUT2D eigenvalue weighted by Gasteiger charge is 2.36. The molecule has 5 rings (SSSR count).